The Morgan fingerprint density at radius 1 is 1.50 bits per heavy atom. The summed E-state index contributed by atoms with van der Waals surface area (Å²) in [7, 11) is 0. The van der Waals surface area contributed by atoms with Crippen LogP contribution in [0, 0.1) is 0 Å². The molecular weight excluding hydrogens is 232 g/mol. The molecule has 0 aromatic heterocycles. The van der Waals surface area contributed by atoms with E-state index in [1.807, 2.05) is 25.1 Å². The van der Waals surface area contributed by atoms with Crippen LogP contribution < -0.4 is 15.4 Å². The predicted molar refractivity (Wildman–Crippen MR) is 67.7 cm³/mol. The van der Waals surface area contributed by atoms with Gasteiger partial charge in [0.25, 0.3) is 0 Å². The Kier molecular flexibility index (Phi) is 4.04. The summed E-state index contributed by atoms with van der Waals surface area (Å²) in [6.07, 6.45) is 0.179. The highest BCUT2D eigenvalue weighted by atomic mass is 16.5. The van der Waals surface area contributed by atoms with E-state index in [2.05, 4.69) is 10.6 Å². The van der Waals surface area contributed by atoms with E-state index < -0.39 is 6.10 Å². The molecule has 0 radical (unpaired) electrons. The number of urea groups is 1. The van der Waals surface area contributed by atoms with Crippen molar-refractivity contribution in [3.05, 3.63) is 29.3 Å². The van der Waals surface area contributed by atoms with Gasteiger partial charge in [0.2, 0.25) is 0 Å². The average Bonchev–Trinajstić information content (AvgIpc) is 2.83. The number of nitrogens with one attached hydrogen (secondary N) is 2. The Labute approximate surface area is 106 Å². The van der Waals surface area contributed by atoms with E-state index in [1.54, 1.807) is 0 Å². The molecule has 2 rings (SSSR count). The number of hydrogen-bond acceptors (Lipinski definition) is 3. The van der Waals surface area contributed by atoms with Crippen LogP contribution in [0.2, 0.25) is 0 Å². The second kappa shape index (κ2) is 5.73. The van der Waals surface area contributed by atoms with E-state index in [0.29, 0.717) is 13.2 Å². The highest BCUT2D eigenvalue weighted by Crippen LogP contribution is 2.27. The third-order valence-electron chi connectivity index (χ3n) is 2.89. The lowest BCUT2D eigenvalue weighted by Crippen LogP contribution is -2.37. The quantitative estimate of drug-likeness (QED) is 0.746. The normalized spacial score (nSPS) is 14.6. The summed E-state index contributed by atoms with van der Waals surface area (Å²) in [4.78, 5) is 11.2. The number of carbonyl (C=O) groups excluding carboxylic acids is 1. The number of benzene rings is 1. The molecule has 0 saturated heterocycles. The van der Waals surface area contributed by atoms with Crippen LogP contribution in [0.1, 0.15) is 24.2 Å². The van der Waals surface area contributed by atoms with Gasteiger partial charge in [-0.3, -0.25) is 0 Å². The van der Waals surface area contributed by atoms with Gasteiger partial charge in [-0.1, -0.05) is 6.07 Å². The van der Waals surface area contributed by atoms with E-state index in [9.17, 15) is 9.90 Å². The summed E-state index contributed by atoms with van der Waals surface area (Å²) in [5.74, 6) is 0.891. The number of rotatable bonds is 4. The van der Waals surface area contributed by atoms with E-state index in [1.165, 1.54) is 0 Å². The number of aliphatic hydroxyl groups is 1. The SMILES string of the molecule is CCNC(=O)NCC(O)c1ccc2c(c1)CCO2. The van der Waals surface area contributed by atoms with Gasteiger partial charge in [-0.05, 0) is 30.2 Å². The molecule has 1 unspecified atom stereocenters. The minimum Gasteiger partial charge on any atom is -0.493 e. The Morgan fingerprint density at radius 2 is 2.33 bits per heavy atom. The van der Waals surface area contributed by atoms with Gasteiger partial charge in [0.15, 0.2) is 0 Å². The van der Waals surface area contributed by atoms with Crippen LogP contribution in [0.4, 0.5) is 4.79 Å². The molecule has 0 bridgehead atoms. The molecule has 98 valence electrons. The van der Waals surface area contributed by atoms with Crippen molar-refractivity contribution in [1.29, 1.82) is 0 Å². The molecule has 0 aliphatic carbocycles. The van der Waals surface area contributed by atoms with Crippen molar-refractivity contribution >= 4 is 6.03 Å². The van der Waals surface area contributed by atoms with Crippen LogP contribution in [0.5, 0.6) is 5.75 Å². The van der Waals surface area contributed by atoms with Crippen LogP contribution in [0.15, 0.2) is 18.2 Å². The van der Waals surface area contributed by atoms with Crippen LogP contribution in [0.3, 0.4) is 0 Å². The Bertz CT molecular complexity index is 434. The molecule has 1 aliphatic rings. The number of ether oxygens (including phenoxy) is 1. The van der Waals surface area contributed by atoms with Crippen molar-refractivity contribution in [2.45, 2.75) is 19.4 Å². The van der Waals surface area contributed by atoms with Gasteiger partial charge in [-0.25, -0.2) is 4.79 Å². The van der Waals surface area contributed by atoms with Crippen molar-refractivity contribution in [3.8, 4) is 5.75 Å². The summed E-state index contributed by atoms with van der Waals surface area (Å²) >= 11 is 0. The van der Waals surface area contributed by atoms with E-state index in [0.717, 1.165) is 23.3 Å². The van der Waals surface area contributed by atoms with E-state index in [-0.39, 0.29) is 12.6 Å². The zero-order valence-electron chi connectivity index (χ0n) is 10.4. The minimum absolute atomic E-state index is 0.200. The monoisotopic (exact) mass is 250 g/mol. The van der Waals surface area contributed by atoms with Crippen molar-refractivity contribution < 1.29 is 14.6 Å². The third-order valence-corrected chi connectivity index (χ3v) is 2.89. The molecule has 1 aliphatic heterocycles. The maximum atomic E-state index is 11.2. The molecule has 0 spiro atoms. The van der Waals surface area contributed by atoms with Gasteiger partial charge in [-0.2, -0.15) is 0 Å². The fourth-order valence-electron chi connectivity index (χ4n) is 1.94. The average molecular weight is 250 g/mol. The van der Waals surface area contributed by atoms with Crippen LogP contribution >= 0.6 is 0 Å². The number of amides is 2. The predicted octanol–water partition coefficient (Wildman–Crippen LogP) is 0.974. The summed E-state index contributed by atoms with van der Waals surface area (Å²) in [6, 6.07) is 5.37. The largest absolute Gasteiger partial charge is 0.493 e. The molecule has 2 amide bonds. The van der Waals surface area contributed by atoms with Gasteiger partial charge in [0, 0.05) is 19.5 Å². The van der Waals surface area contributed by atoms with E-state index >= 15 is 0 Å². The van der Waals surface area contributed by atoms with E-state index in [4.69, 9.17) is 4.74 Å². The molecule has 0 saturated carbocycles. The molecule has 3 N–H and O–H groups in total. The van der Waals surface area contributed by atoms with Crippen molar-refractivity contribution in [2.75, 3.05) is 19.7 Å². The smallest absolute Gasteiger partial charge is 0.314 e. The zero-order chi connectivity index (χ0) is 13.0. The Balaban J connectivity index is 1.92. The highest BCUT2D eigenvalue weighted by Gasteiger charge is 2.15. The number of carbonyl (C=O) groups is 1. The standard InChI is InChI=1S/C13H18N2O3/c1-2-14-13(17)15-8-11(16)9-3-4-12-10(7-9)5-6-18-12/h3-4,7,11,16H,2,5-6,8H2,1H3,(H2,14,15,17). The summed E-state index contributed by atoms with van der Waals surface area (Å²) < 4.78 is 5.40. The maximum Gasteiger partial charge on any atom is 0.314 e. The fraction of sp³-hybridized carbons (Fsp3) is 0.462. The van der Waals surface area contributed by atoms with Crippen molar-refractivity contribution in [1.82, 2.24) is 10.6 Å². The second-order valence-electron chi connectivity index (χ2n) is 4.22. The molecule has 5 nitrogen and oxygen atoms in total. The summed E-state index contributed by atoms with van der Waals surface area (Å²) in [5, 5.41) is 15.2. The first-order valence-corrected chi connectivity index (χ1v) is 6.16. The fourth-order valence-corrected chi connectivity index (χ4v) is 1.94. The molecule has 0 fully saturated rings. The van der Waals surface area contributed by atoms with Gasteiger partial charge < -0.3 is 20.5 Å². The van der Waals surface area contributed by atoms with Crippen molar-refractivity contribution in [3.63, 3.8) is 0 Å². The van der Waals surface area contributed by atoms with Gasteiger partial charge in [0.1, 0.15) is 5.75 Å². The zero-order valence-corrected chi connectivity index (χ0v) is 10.4. The summed E-state index contributed by atoms with van der Waals surface area (Å²) in [6.45, 7) is 3.31. The molecule has 1 atom stereocenters. The van der Waals surface area contributed by atoms with Crippen LogP contribution in [-0.4, -0.2) is 30.8 Å². The lowest BCUT2D eigenvalue weighted by atomic mass is 10.0. The first kappa shape index (κ1) is 12.7. The molecular formula is C13H18N2O3. The Morgan fingerprint density at radius 3 is 3.11 bits per heavy atom. The second-order valence-corrected chi connectivity index (χ2v) is 4.22. The molecule has 5 heteroatoms. The van der Waals surface area contributed by atoms with Crippen LogP contribution in [-0.2, 0) is 6.42 Å². The van der Waals surface area contributed by atoms with Gasteiger partial charge in [0.05, 0.1) is 12.7 Å². The summed E-state index contributed by atoms with van der Waals surface area (Å²) in [5.41, 5.74) is 1.92. The lowest BCUT2D eigenvalue weighted by molar-refractivity contribution is 0.173. The molecule has 1 heterocycles. The number of fused-ring (bicyclic) bond motifs is 1. The number of hydrogen-bond donors (Lipinski definition) is 3. The minimum atomic E-state index is -0.696. The third kappa shape index (κ3) is 2.92. The topological polar surface area (TPSA) is 70.6 Å². The lowest BCUT2D eigenvalue weighted by Gasteiger charge is -2.13. The first-order valence-electron chi connectivity index (χ1n) is 6.16. The van der Waals surface area contributed by atoms with Gasteiger partial charge in [-0.15, -0.1) is 0 Å². The van der Waals surface area contributed by atoms with Gasteiger partial charge >= 0.3 is 6.03 Å². The van der Waals surface area contributed by atoms with Crippen LogP contribution in [0.25, 0.3) is 0 Å². The molecule has 1 aromatic carbocycles. The highest BCUT2D eigenvalue weighted by molar-refractivity contribution is 5.73. The molecule has 18 heavy (non-hydrogen) atoms. The first-order chi connectivity index (χ1) is 8.70. The maximum absolute atomic E-state index is 11.2. The number of aliphatic hydroxyl groups excluding tert-OH is 1. The van der Waals surface area contributed by atoms with Crippen molar-refractivity contribution in [2.24, 2.45) is 0 Å². The Hall–Kier alpha value is -1.75. The molecule has 1 aromatic rings.